The molecule has 1 unspecified atom stereocenters. The van der Waals surface area contributed by atoms with Crippen molar-refractivity contribution in [3.8, 4) is 0 Å². The lowest BCUT2D eigenvalue weighted by Gasteiger charge is -2.57. The first kappa shape index (κ1) is 14.3. The van der Waals surface area contributed by atoms with E-state index in [1.807, 2.05) is 26.2 Å². The zero-order chi connectivity index (χ0) is 15.3. The Morgan fingerprint density at radius 3 is 2.41 bits per heavy atom. The van der Waals surface area contributed by atoms with Crippen molar-refractivity contribution >= 4 is 5.91 Å². The van der Waals surface area contributed by atoms with E-state index in [1.165, 1.54) is 38.5 Å². The van der Waals surface area contributed by atoms with Gasteiger partial charge < -0.3 is 5.32 Å². The summed E-state index contributed by atoms with van der Waals surface area (Å²) in [6, 6.07) is -0.220. The molecule has 4 fully saturated rings. The minimum absolute atomic E-state index is 0.110. The number of carbonyl (C=O) groups excluding carboxylic acids is 1. The van der Waals surface area contributed by atoms with Gasteiger partial charge in [0.05, 0.1) is 6.20 Å². The first-order valence-corrected chi connectivity index (χ1v) is 8.81. The van der Waals surface area contributed by atoms with E-state index < -0.39 is 0 Å². The van der Waals surface area contributed by atoms with Gasteiger partial charge in [-0.2, -0.15) is 5.10 Å². The van der Waals surface area contributed by atoms with Gasteiger partial charge in [0.15, 0.2) is 0 Å². The third-order valence-corrected chi connectivity index (χ3v) is 6.31. The normalized spacial score (nSPS) is 37.3. The lowest BCUT2D eigenvalue weighted by Crippen LogP contribution is -2.51. The molecule has 0 spiro atoms. The fourth-order valence-electron chi connectivity index (χ4n) is 5.69. The maximum atomic E-state index is 12.5. The number of hydrogen-bond donors (Lipinski definition) is 1. The molecule has 1 N–H and O–H groups in total. The fraction of sp³-hybridized carbons (Fsp3) is 0.778. The summed E-state index contributed by atoms with van der Waals surface area (Å²) < 4.78 is 1.77. The van der Waals surface area contributed by atoms with E-state index in [-0.39, 0.29) is 11.9 Å². The Hall–Kier alpha value is -1.32. The molecule has 4 aliphatic carbocycles. The van der Waals surface area contributed by atoms with Crippen molar-refractivity contribution in [3.63, 3.8) is 0 Å². The molecule has 1 aromatic rings. The van der Waals surface area contributed by atoms with Gasteiger partial charge in [0.2, 0.25) is 5.91 Å². The quantitative estimate of drug-likeness (QED) is 0.929. The first-order chi connectivity index (χ1) is 10.5. The Morgan fingerprint density at radius 2 is 1.91 bits per heavy atom. The van der Waals surface area contributed by atoms with E-state index in [1.54, 1.807) is 4.68 Å². The molecule has 4 heteroatoms. The van der Waals surface area contributed by atoms with E-state index in [2.05, 4.69) is 10.4 Å². The summed E-state index contributed by atoms with van der Waals surface area (Å²) in [5.41, 5.74) is 1.50. The molecule has 4 aliphatic rings. The molecule has 0 radical (unpaired) electrons. The Morgan fingerprint density at radius 1 is 1.32 bits per heavy atom. The number of aromatic nitrogens is 2. The second-order valence-corrected chi connectivity index (χ2v) is 8.31. The van der Waals surface area contributed by atoms with Crippen molar-refractivity contribution < 1.29 is 4.79 Å². The first-order valence-electron chi connectivity index (χ1n) is 8.81. The molecule has 1 heterocycles. The van der Waals surface area contributed by atoms with E-state index in [0.29, 0.717) is 5.41 Å². The van der Waals surface area contributed by atoms with Crippen molar-refractivity contribution in [1.82, 2.24) is 15.1 Å². The Kier molecular flexibility index (Phi) is 3.31. The Bertz CT molecular complexity index is 541. The summed E-state index contributed by atoms with van der Waals surface area (Å²) in [6.07, 6.45) is 12.1. The van der Waals surface area contributed by atoms with Gasteiger partial charge in [-0.3, -0.25) is 9.48 Å². The summed E-state index contributed by atoms with van der Waals surface area (Å²) >= 11 is 0. The minimum atomic E-state index is -0.220. The average molecular weight is 301 g/mol. The Labute approximate surface area is 132 Å². The molecule has 0 aromatic carbocycles. The summed E-state index contributed by atoms with van der Waals surface area (Å²) in [5, 5.41) is 7.51. The van der Waals surface area contributed by atoms with Gasteiger partial charge in [-0.15, -0.1) is 0 Å². The van der Waals surface area contributed by atoms with Gasteiger partial charge in [-0.25, -0.2) is 0 Å². The van der Waals surface area contributed by atoms with Gasteiger partial charge in [-0.05, 0) is 81.1 Å². The largest absolute Gasteiger partial charge is 0.354 e. The van der Waals surface area contributed by atoms with Gasteiger partial charge in [-0.1, -0.05) is 0 Å². The van der Waals surface area contributed by atoms with E-state index >= 15 is 0 Å². The average Bonchev–Trinajstić information content (AvgIpc) is 2.89. The highest BCUT2D eigenvalue weighted by Gasteiger charge is 2.50. The number of amides is 1. The van der Waals surface area contributed by atoms with Crippen LogP contribution >= 0.6 is 0 Å². The van der Waals surface area contributed by atoms with Crippen LogP contribution in [0.5, 0.6) is 0 Å². The molecular weight excluding hydrogens is 274 g/mol. The zero-order valence-electron chi connectivity index (χ0n) is 13.7. The van der Waals surface area contributed by atoms with Crippen molar-refractivity contribution in [3.05, 3.63) is 18.0 Å². The molecule has 4 bridgehead atoms. The number of nitrogens with zero attached hydrogens (tertiary/aromatic N) is 2. The van der Waals surface area contributed by atoms with Crippen LogP contribution in [0.15, 0.2) is 12.4 Å². The van der Waals surface area contributed by atoms with Crippen LogP contribution < -0.4 is 5.32 Å². The summed E-state index contributed by atoms with van der Waals surface area (Å²) in [6.45, 7) is 4.81. The molecule has 5 rings (SSSR count). The van der Waals surface area contributed by atoms with Crippen LogP contribution in [0.25, 0.3) is 0 Å². The maximum Gasteiger partial charge on any atom is 0.244 e. The topological polar surface area (TPSA) is 46.9 Å². The van der Waals surface area contributed by atoms with Crippen LogP contribution in [0, 0.1) is 30.1 Å². The number of rotatable bonds is 4. The smallest absolute Gasteiger partial charge is 0.244 e. The standard InChI is InChI=1S/C18H27N3O/c1-12-9-20-21(10-12)13(2)17(22)19-11-18-6-14-3-15(7-18)5-16(4-14)8-18/h9-10,13-16H,3-8,11H2,1-2H3,(H,19,22). The Balaban J connectivity index is 1.39. The lowest BCUT2D eigenvalue weighted by atomic mass is 9.49. The highest BCUT2D eigenvalue weighted by molar-refractivity contribution is 5.79. The van der Waals surface area contributed by atoms with Crippen molar-refractivity contribution in [2.75, 3.05) is 6.54 Å². The molecule has 1 atom stereocenters. The van der Waals surface area contributed by atoms with Crippen molar-refractivity contribution in [2.45, 2.75) is 58.4 Å². The van der Waals surface area contributed by atoms with Crippen molar-refractivity contribution in [1.29, 1.82) is 0 Å². The maximum absolute atomic E-state index is 12.5. The predicted molar refractivity (Wildman–Crippen MR) is 85.3 cm³/mol. The van der Waals surface area contributed by atoms with Crippen LogP contribution in [0.3, 0.4) is 0 Å². The summed E-state index contributed by atoms with van der Waals surface area (Å²) in [4.78, 5) is 12.5. The highest BCUT2D eigenvalue weighted by atomic mass is 16.2. The van der Waals surface area contributed by atoms with E-state index in [9.17, 15) is 4.79 Å². The molecule has 4 nitrogen and oxygen atoms in total. The van der Waals surface area contributed by atoms with Crippen LogP contribution in [0.4, 0.5) is 0 Å². The molecule has 4 saturated carbocycles. The third-order valence-electron chi connectivity index (χ3n) is 6.31. The molecule has 22 heavy (non-hydrogen) atoms. The number of aryl methyl sites for hydroxylation is 1. The third kappa shape index (κ3) is 2.46. The molecule has 0 aliphatic heterocycles. The number of nitrogens with one attached hydrogen (secondary N) is 1. The zero-order valence-corrected chi connectivity index (χ0v) is 13.7. The SMILES string of the molecule is Cc1cnn(C(C)C(=O)NCC23CC4CC(CC(C4)C2)C3)c1. The van der Waals surface area contributed by atoms with Crippen LogP contribution in [0.2, 0.25) is 0 Å². The van der Waals surface area contributed by atoms with Crippen LogP contribution in [0.1, 0.15) is 57.1 Å². The molecule has 1 aromatic heterocycles. The van der Waals surface area contributed by atoms with Gasteiger partial charge in [0.1, 0.15) is 6.04 Å². The molecule has 0 saturated heterocycles. The van der Waals surface area contributed by atoms with E-state index in [4.69, 9.17) is 0 Å². The molecular formula is C18H27N3O. The van der Waals surface area contributed by atoms with Crippen LogP contribution in [-0.4, -0.2) is 22.2 Å². The van der Waals surface area contributed by atoms with Crippen molar-refractivity contribution in [2.24, 2.45) is 23.2 Å². The second-order valence-electron chi connectivity index (χ2n) is 8.31. The summed E-state index contributed by atoms with van der Waals surface area (Å²) in [5.74, 6) is 2.93. The van der Waals surface area contributed by atoms with E-state index in [0.717, 1.165) is 29.9 Å². The molecule has 120 valence electrons. The monoisotopic (exact) mass is 301 g/mol. The van der Waals surface area contributed by atoms with Crippen LogP contribution in [-0.2, 0) is 4.79 Å². The van der Waals surface area contributed by atoms with Gasteiger partial charge >= 0.3 is 0 Å². The predicted octanol–water partition coefficient (Wildman–Crippen LogP) is 3.09. The van der Waals surface area contributed by atoms with Gasteiger partial charge in [0, 0.05) is 12.7 Å². The molecule has 1 amide bonds. The number of carbonyl (C=O) groups is 1. The minimum Gasteiger partial charge on any atom is -0.354 e. The highest BCUT2D eigenvalue weighted by Crippen LogP contribution is 2.59. The second kappa shape index (κ2) is 5.10. The number of hydrogen-bond acceptors (Lipinski definition) is 2. The fourth-order valence-corrected chi connectivity index (χ4v) is 5.69. The van der Waals surface area contributed by atoms with Gasteiger partial charge in [0.25, 0.3) is 0 Å². The lowest BCUT2D eigenvalue weighted by molar-refractivity contribution is -0.126. The summed E-state index contributed by atoms with van der Waals surface area (Å²) in [7, 11) is 0.